The van der Waals surface area contributed by atoms with E-state index in [-0.39, 0.29) is 22.7 Å². The molecule has 2 rings (SSSR count). The summed E-state index contributed by atoms with van der Waals surface area (Å²) >= 11 is 5.60. The minimum atomic E-state index is -0.817. The van der Waals surface area contributed by atoms with Gasteiger partial charge < -0.3 is 5.32 Å². The molecule has 0 saturated heterocycles. The number of nitrogens with one attached hydrogen (secondary N) is 1. The van der Waals surface area contributed by atoms with Gasteiger partial charge in [0.15, 0.2) is 0 Å². The van der Waals surface area contributed by atoms with Crippen LogP contribution in [0.1, 0.15) is 11.1 Å². The van der Waals surface area contributed by atoms with Gasteiger partial charge in [-0.25, -0.2) is 13.2 Å². The largest absolute Gasteiger partial charge is 0.381 e. The zero-order chi connectivity index (χ0) is 14.7. The molecule has 0 aliphatic carbocycles. The van der Waals surface area contributed by atoms with Crippen LogP contribution in [0.3, 0.4) is 0 Å². The van der Waals surface area contributed by atoms with E-state index >= 15 is 0 Å². The minimum Gasteiger partial charge on any atom is -0.381 e. The summed E-state index contributed by atoms with van der Waals surface area (Å²) in [4.78, 5) is 0. The first-order valence-electron chi connectivity index (χ1n) is 5.58. The quantitative estimate of drug-likeness (QED) is 0.919. The first kappa shape index (κ1) is 14.2. The summed E-state index contributed by atoms with van der Waals surface area (Å²) < 4.78 is 40.2. The lowest BCUT2D eigenvalue weighted by molar-refractivity contribution is 0.559. The number of rotatable bonds is 3. The molecule has 0 aromatic heterocycles. The fourth-order valence-corrected chi connectivity index (χ4v) is 1.81. The van der Waals surface area contributed by atoms with Gasteiger partial charge in [-0.05, 0) is 30.3 Å². The van der Waals surface area contributed by atoms with Crippen LogP contribution in [0.15, 0.2) is 30.3 Å². The van der Waals surface area contributed by atoms with E-state index in [2.05, 4.69) is 5.32 Å². The number of nitrogens with zero attached hydrogens (tertiary/aromatic N) is 1. The lowest BCUT2D eigenvalue weighted by Gasteiger charge is -2.09. The van der Waals surface area contributed by atoms with E-state index in [1.54, 1.807) is 6.07 Å². The van der Waals surface area contributed by atoms with Crippen molar-refractivity contribution in [1.82, 2.24) is 0 Å². The Morgan fingerprint density at radius 1 is 1.05 bits per heavy atom. The van der Waals surface area contributed by atoms with Crippen molar-refractivity contribution >= 4 is 17.3 Å². The number of hydrogen-bond acceptors (Lipinski definition) is 2. The fraction of sp³-hybridized carbons (Fsp3) is 0.0714. The van der Waals surface area contributed by atoms with Crippen LogP contribution in [0.5, 0.6) is 0 Å². The van der Waals surface area contributed by atoms with E-state index < -0.39 is 17.5 Å². The summed E-state index contributed by atoms with van der Waals surface area (Å²) in [5, 5.41) is 11.2. The van der Waals surface area contributed by atoms with Gasteiger partial charge in [0.05, 0.1) is 16.7 Å². The van der Waals surface area contributed by atoms with Gasteiger partial charge in [0.25, 0.3) is 0 Å². The Labute approximate surface area is 118 Å². The molecule has 0 heterocycles. The maximum absolute atomic E-state index is 13.6. The standard InChI is InChI=1S/C14H8ClF3N2/c15-11-5-9(1-2-12(11)16)20-7-10-13(17)3-8(6-19)4-14(10)18/h1-5,20H,7H2. The van der Waals surface area contributed by atoms with Crippen LogP contribution in [-0.2, 0) is 6.54 Å². The highest BCUT2D eigenvalue weighted by Gasteiger charge is 2.11. The van der Waals surface area contributed by atoms with E-state index in [4.69, 9.17) is 16.9 Å². The summed E-state index contributed by atoms with van der Waals surface area (Å²) in [5.41, 5.74) is 0.137. The molecule has 1 N–H and O–H groups in total. The molecule has 0 radical (unpaired) electrons. The van der Waals surface area contributed by atoms with Crippen LogP contribution in [0.2, 0.25) is 5.02 Å². The Hall–Kier alpha value is -2.19. The van der Waals surface area contributed by atoms with Crippen LogP contribution in [0.4, 0.5) is 18.9 Å². The molecule has 0 atom stereocenters. The third-order valence-corrected chi connectivity index (χ3v) is 2.95. The van der Waals surface area contributed by atoms with E-state index in [1.165, 1.54) is 12.1 Å². The van der Waals surface area contributed by atoms with Gasteiger partial charge in [0.2, 0.25) is 0 Å². The van der Waals surface area contributed by atoms with Crippen molar-refractivity contribution in [3.05, 3.63) is 63.9 Å². The van der Waals surface area contributed by atoms with Crippen LogP contribution < -0.4 is 5.32 Å². The second kappa shape index (κ2) is 5.85. The van der Waals surface area contributed by atoms with Crippen molar-refractivity contribution in [3.8, 4) is 6.07 Å². The SMILES string of the molecule is N#Cc1cc(F)c(CNc2ccc(F)c(Cl)c2)c(F)c1. The van der Waals surface area contributed by atoms with Gasteiger partial charge in [-0.15, -0.1) is 0 Å². The Balaban J connectivity index is 2.19. The van der Waals surface area contributed by atoms with Gasteiger partial charge in [0, 0.05) is 17.8 Å². The van der Waals surface area contributed by atoms with Crippen molar-refractivity contribution in [2.24, 2.45) is 0 Å². The monoisotopic (exact) mass is 296 g/mol. The zero-order valence-corrected chi connectivity index (χ0v) is 10.8. The average molecular weight is 297 g/mol. The molecule has 0 aliphatic heterocycles. The number of halogens is 4. The molecule has 102 valence electrons. The number of hydrogen-bond donors (Lipinski definition) is 1. The van der Waals surface area contributed by atoms with E-state index in [0.717, 1.165) is 18.2 Å². The molecule has 20 heavy (non-hydrogen) atoms. The Morgan fingerprint density at radius 2 is 1.70 bits per heavy atom. The molecule has 6 heteroatoms. The predicted octanol–water partition coefficient (Wildman–Crippen LogP) is 4.24. The molecule has 2 aromatic rings. The summed E-state index contributed by atoms with van der Waals surface area (Å²) in [6.45, 7) is -0.147. The average Bonchev–Trinajstić information content (AvgIpc) is 2.41. The number of benzene rings is 2. The maximum atomic E-state index is 13.6. The first-order chi connectivity index (χ1) is 9.51. The highest BCUT2D eigenvalue weighted by atomic mass is 35.5. The molecule has 0 saturated carbocycles. The van der Waals surface area contributed by atoms with Gasteiger partial charge in [0.1, 0.15) is 17.5 Å². The zero-order valence-electron chi connectivity index (χ0n) is 10.1. The predicted molar refractivity (Wildman–Crippen MR) is 69.8 cm³/mol. The second-order valence-electron chi connectivity index (χ2n) is 4.01. The molecular formula is C14H8ClF3N2. The molecular weight excluding hydrogens is 289 g/mol. The third kappa shape index (κ3) is 3.03. The van der Waals surface area contributed by atoms with E-state index in [1.807, 2.05) is 0 Å². The molecule has 0 spiro atoms. The third-order valence-electron chi connectivity index (χ3n) is 2.66. The lowest BCUT2D eigenvalue weighted by atomic mass is 10.1. The summed E-state index contributed by atoms with van der Waals surface area (Å²) in [6.07, 6.45) is 0. The molecule has 2 aromatic carbocycles. The second-order valence-corrected chi connectivity index (χ2v) is 4.42. The number of nitriles is 1. The van der Waals surface area contributed by atoms with Crippen molar-refractivity contribution in [3.63, 3.8) is 0 Å². The normalized spacial score (nSPS) is 10.2. The highest BCUT2D eigenvalue weighted by Crippen LogP contribution is 2.21. The maximum Gasteiger partial charge on any atom is 0.141 e. The van der Waals surface area contributed by atoms with Gasteiger partial charge in [-0.2, -0.15) is 5.26 Å². The Morgan fingerprint density at radius 3 is 2.25 bits per heavy atom. The van der Waals surface area contributed by atoms with Crippen molar-refractivity contribution in [2.75, 3.05) is 5.32 Å². The van der Waals surface area contributed by atoms with Gasteiger partial charge in [-0.1, -0.05) is 11.6 Å². The van der Waals surface area contributed by atoms with Crippen LogP contribution in [-0.4, -0.2) is 0 Å². The summed E-state index contributed by atoms with van der Waals surface area (Å²) in [5.74, 6) is -2.21. The highest BCUT2D eigenvalue weighted by molar-refractivity contribution is 6.31. The first-order valence-corrected chi connectivity index (χ1v) is 5.96. The van der Waals surface area contributed by atoms with Crippen molar-refractivity contribution < 1.29 is 13.2 Å². The molecule has 0 fully saturated rings. The molecule has 0 amide bonds. The Bertz CT molecular complexity index is 672. The topological polar surface area (TPSA) is 35.8 Å². The molecule has 0 aliphatic rings. The lowest BCUT2D eigenvalue weighted by Crippen LogP contribution is -2.05. The molecule has 0 unspecified atom stereocenters. The molecule has 0 bridgehead atoms. The summed E-state index contributed by atoms with van der Waals surface area (Å²) in [7, 11) is 0. The minimum absolute atomic E-state index is 0.0872. The Kier molecular flexibility index (Phi) is 4.16. The molecule has 2 nitrogen and oxygen atoms in total. The summed E-state index contributed by atoms with van der Waals surface area (Å²) in [6, 6.07) is 7.44. The van der Waals surface area contributed by atoms with E-state index in [9.17, 15) is 13.2 Å². The van der Waals surface area contributed by atoms with Gasteiger partial charge >= 0.3 is 0 Å². The number of anilines is 1. The van der Waals surface area contributed by atoms with Crippen LogP contribution in [0, 0.1) is 28.8 Å². The van der Waals surface area contributed by atoms with Crippen LogP contribution >= 0.6 is 11.6 Å². The van der Waals surface area contributed by atoms with Crippen LogP contribution in [0.25, 0.3) is 0 Å². The fourth-order valence-electron chi connectivity index (χ4n) is 1.63. The smallest absolute Gasteiger partial charge is 0.141 e. The van der Waals surface area contributed by atoms with E-state index in [0.29, 0.717) is 5.69 Å². The van der Waals surface area contributed by atoms with Gasteiger partial charge in [-0.3, -0.25) is 0 Å². The van der Waals surface area contributed by atoms with Crippen molar-refractivity contribution in [1.29, 1.82) is 5.26 Å². The van der Waals surface area contributed by atoms with Crippen molar-refractivity contribution in [2.45, 2.75) is 6.54 Å².